The van der Waals surface area contributed by atoms with Gasteiger partial charge in [0.15, 0.2) is 0 Å². The van der Waals surface area contributed by atoms with Gasteiger partial charge in [-0.05, 0) is 32.0 Å². The topological polar surface area (TPSA) is 24.5 Å². The summed E-state index contributed by atoms with van der Waals surface area (Å²) in [6, 6.07) is 0. The van der Waals surface area contributed by atoms with E-state index in [-0.39, 0.29) is 0 Å². The van der Waals surface area contributed by atoms with E-state index < -0.39 is 0 Å². The Morgan fingerprint density at radius 2 is 2.17 bits per heavy atom. The van der Waals surface area contributed by atoms with Crippen LogP contribution < -0.4 is 5.32 Å². The fraction of sp³-hybridized carbons (Fsp3) is 0.600. The largest absolute Gasteiger partial charge is 0.498 e. The van der Waals surface area contributed by atoms with E-state index in [2.05, 4.69) is 28.4 Å². The van der Waals surface area contributed by atoms with E-state index in [1.807, 2.05) is 12.2 Å². The SMILES string of the molecule is C1=CC=C(OCCCN2CCCNCC2)CC=C1. The molecule has 0 aromatic rings. The summed E-state index contributed by atoms with van der Waals surface area (Å²) in [6.45, 7) is 6.67. The van der Waals surface area contributed by atoms with E-state index in [4.69, 9.17) is 4.74 Å². The predicted octanol–water partition coefficient (Wildman–Crippen LogP) is 2.09. The van der Waals surface area contributed by atoms with Crippen molar-refractivity contribution in [2.45, 2.75) is 19.3 Å². The summed E-state index contributed by atoms with van der Waals surface area (Å²) < 4.78 is 5.80. The lowest BCUT2D eigenvalue weighted by atomic mass is 10.3. The molecule has 3 nitrogen and oxygen atoms in total. The lowest BCUT2D eigenvalue weighted by Crippen LogP contribution is -2.29. The van der Waals surface area contributed by atoms with Crippen molar-refractivity contribution >= 4 is 0 Å². The molecule has 2 rings (SSSR count). The molecule has 1 aliphatic heterocycles. The van der Waals surface area contributed by atoms with Gasteiger partial charge in [-0.2, -0.15) is 0 Å². The first-order valence-electron chi connectivity index (χ1n) is 7.03. The van der Waals surface area contributed by atoms with Crippen LogP contribution in [0.2, 0.25) is 0 Å². The number of nitrogens with one attached hydrogen (secondary N) is 1. The third-order valence-electron chi connectivity index (χ3n) is 3.30. The van der Waals surface area contributed by atoms with Gasteiger partial charge in [0.2, 0.25) is 0 Å². The van der Waals surface area contributed by atoms with Gasteiger partial charge in [-0.3, -0.25) is 0 Å². The zero-order valence-electron chi connectivity index (χ0n) is 11.1. The van der Waals surface area contributed by atoms with Crippen molar-refractivity contribution in [3.8, 4) is 0 Å². The normalized spacial score (nSPS) is 21.2. The fourth-order valence-electron chi connectivity index (χ4n) is 2.28. The molecule has 0 bridgehead atoms. The van der Waals surface area contributed by atoms with Crippen molar-refractivity contribution < 1.29 is 4.74 Å². The van der Waals surface area contributed by atoms with Crippen LogP contribution in [0.3, 0.4) is 0 Å². The molecular weight excluding hydrogens is 224 g/mol. The summed E-state index contributed by atoms with van der Waals surface area (Å²) in [4.78, 5) is 2.53. The summed E-state index contributed by atoms with van der Waals surface area (Å²) in [7, 11) is 0. The fourth-order valence-corrected chi connectivity index (χ4v) is 2.28. The van der Waals surface area contributed by atoms with Gasteiger partial charge in [0.05, 0.1) is 12.4 Å². The van der Waals surface area contributed by atoms with Crippen molar-refractivity contribution in [1.82, 2.24) is 10.2 Å². The number of hydrogen-bond donors (Lipinski definition) is 1. The number of allylic oxidation sites excluding steroid dienone is 5. The maximum atomic E-state index is 5.80. The van der Waals surface area contributed by atoms with E-state index in [9.17, 15) is 0 Å². The highest BCUT2D eigenvalue weighted by molar-refractivity contribution is 5.19. The van der Waals surface area contributed by atoms with E-state index >= 15 is 0 Å². The molecule has 0 atom stereocenters. The van der Waals surface area contributed by atoms with Crippen LogP contribution in [0.4, 0.5) is 0 Å². The first kappa shape index (κ1) is 13.4. The predicted molar refractivity (Wildman–Crippen MR) is 75.5 cm³/mol. The monoisotopic (exact) mass is 248 g/mol. The van der Waals surface area contributed by atoms with Gasteiger partial charge in [0.25, 0.3) is 0 Å². The second-order valence-corrected chi connectivity index (χ2v) is 4.80. The molecule has 1 heterocycles. The molecule has 1 N–H and O–H groups in total. The van der Waals surface area contributed by atoms with Crippen LogP contribution >= 0.6 is 0 Å². The van der Waals surface area contributed by atoms with Gasteiger partial charge >= 0.3 is 0 Å². The van der Waals surface area contributed by atoms with Gasteiger partial charge in [0, 0.05) is 26.1 Å². The van der Waals surface area contributed by atoms with Gasteiger partial charge in [-0.25, -0.2) is 0 Å². The molecule has 1 aliphatic carbocycles. The maximum absolute atomic E-state index is 5.80. The standard InChI is InChI=1S/C15H24N2O/c1-2-4-8-15(7-3-1)18-14-6-12-17-11-5-9-16-10-13-17/h1-4,7,16H,5-6,8-14H2. The van der Waals surface area contributed by atoms with Crippen LogP contribution in [0.5, 0.6) is 0 Å². The minimum atomic E-state index is 0.831. The molecule has 18 heavy (non-hydrogen) atoms. The molecule has 0 saturated carbocycles. The minimum Gasteiger partial charge on any atom is -0.498 e. The molecule has 0 unspecified atom stereocenters. The Morgan fingerprint density at radius 3 is 3.17 bits per heavy atom. The van der Waals surface area contributed by atoms with Crippen LogP contribution in [0.1, 0.15) is 19.3 Å². The molecule has 0 radical (unpaired) electrons. The van der Waals surface area contributed by atoms with E-state index in [1.54, 1.807) is 0 Å². The smallest absolute Gasteiger partial charge is 0.0997 e. The molecule has 0 aromatic carbocycles. The van der Waals surface area contributed by atoms with Crippen LogP contribution in [0, 0.1) is 0 Å². The molecule has 1 saturated heterocycles. The molecule has 3 heteroatoms. The van der Waals surface area contributed by atoms with Crippen molar-refractivity contribution in [3.63, 3.8) is 0 Å². The average molecular weight is 248 g/mol. The first-order valence-corrected chi connectivity index (χ1v) is 7.03. The number of ether oxygens (including phenoxy) is 1. The number of nitrogens with zero attached hydrogens (tertiary/aromatic N) is 1. The van der Waals surface area contributed by atoms with Crippen LogP contribution in [0.25, 0.3) is 0 Å². The van der Waals surface area contributed by atoms with Crippen molar-refractivity contribution in [2.24, 2.45) is 0 Å². The summed E-state index contributed by atoms with van der Waals surface area (Å²) in [5.41, 5.74) is 0. The van der Waals surface area contributed by atoms with E-state index in [0.717, 1.165) is 38.3 Å². The Morgan fingerprint density at radius 1 is 1.17 bits per heavy atom. The zero-order valence-corrected chi connectivity index (χ0v) is 11.1. The Balaban J connectivity index is 1.59. The molecule has 0 amide bonds. The molecular formula is C15H24N2O. The van der Waals surface area contributed by atoms with Crippen LogP contribution in [0.15, 0.2) is 36.1 Å². The molecule has 2 aliphatic rings. The van der Waals surface area contributed by atoms with Crippen LogP contribution in [-0.4, -0.2) is 44.2 Å². The quantitative estimate of drug-likeness (QED) is 0.754. The lowest BCUT2D eigenvalue weighted by molar-refractivity contribution is 0.181. The van der Waals surface area contributed by atoms with Gasteiger partial charge in [-0.15, -0.1) is 0 Å². The van der Waals surface area contributed by atoms with E-state index in [1.165, 1.54) is 26.1 Å². The molecule has 100 valence electrons. The van der Waals surface area contributed by atoms with Crippen molar-refractivity contribution in [3.05, 3.63) is 36.1 Å². The van der Waals surface area contributed by atoms with Crippen LogP contribution in [-0.2, 0) is 4.74 Å². The molecule has 1 fully saturated rings. The Labute approximate surface area is 110 Å². The van der Waals surface area contributed by atoms with E-state index in [0.29, 0.717) is 0 Å². The Hall–Kier alpha value is -1.06. The minimum absolute atomic E-state index is 0.831. The zero-order chi connectivity index (χ0) is 12.5. The molecule has 0 aromatic heterocycles. The second kappa shape index (κ2) is 8.11. The van der Waals surface area contributed by atoms with Crippen molar-refractivity contribution in [1.29, 1.82) is 0 Å². The summed E-state index contributed by atoms with van der Waals surface area (Å²) in [5.74, 6) is 1.08. The van der Waals surface area contributed by atoms with Crippen molar-refractivity contribution in [2.75, 3.05) is 39.3 Å². The summed E-state index contributed by atoms with van der Waals surface area (Å²) >= 11 is 0. The third-order valence-corrected chi connectivity index (χ3v) is 3.30. The highest BCUT2D eigenvalue weighted by Gasteiger charge is 2.07. The number of rotatable bonds is 5. The van der Waals surface area contributed by atoms with Gasteiger partial charge in [-0.1, -0.05) is 24.3 Å². The highest BCUT2D eigenvalue weighted by Crippen LogP contribution is 2.09. The average Bonchev–Trinajstić information content (AvgIpc) is 2.79. The highest BCUT2D eigenvalue weighted by atomic mass is 16.5. The third kappa shape index (κ3) is 5.07. The molecule has 0 spiro atoms. The second-order valence-electron chi connectivity index (χ2n) is 4.80. The Bertz CT molecular complexity index is 312. The summed E-state index contributed by atoms with van der Waals surface area (Å²) in [5, 5.41) is 3.43. The first-order chi connectivity index (χ1) is 8.95. The lowest BCUT2D eigenvalue weighted by Gasteiger charge is -2.19. The maximum Gasteiger partial charge on any atom is 0.0997 e. The Kier molecular flexibility index (Phi) is 6.03. The van der Waals surface area contributed by atoms with Gasteiger partial charge in [0.1, 0.15) is 0 Å². The number of hydrogen-bond acceptors (Lipinski definition) is 3. The van der Waals surface area contributed by atoms with Gasteiger partial charge < -0.3 is 15.0 Å². The summed E-state index contributed by atoms with van der Waals surface area (Å²) in [6.07, 6.45) is 13.6.